The number of hydrogen-bond donors (Lipinski definition) is 2. The molecule has 0 aliphatic rings. The summed E-state index contributed by atoms with van der Waals surface area (Å²) in [6.07, 6.45) is 1.05. The number of esters is 1. The van der Waals surface area contributed by atoms with Gasteiger partial charge in [-0.2, -0.15) is 0 Å². The third kappa shape index (κ3) is 4.31. The molecule has 1 amide bonds. The van der Waals surface area contributed by atoms with E-state index in [0.717, 1.165) is 18.5 Å². The Morgan fingerprint density at radius 2 is 2.15 bits per heavy atom. The molecule has 112 valence electrons. The first kappa shape index (κ1) is 16.7. The molecule has 1 aromatic heterocycles. The summed E-state index contributed by atoms with van der Waals surface area (Å²) >= 11 is 1.23. The van der Waals surface area contributed by atoms with Crippen molar-refractivity contribution < 1.29 is 14.3 Å². The Hall–Kier alpha value is -1.40. The Morgan fingerprint density at radius 1 is 1.45 bits per heavy atom. The van der Waals surface area contributed by atoms with E-state index >= 15 is 0 Å². The van der Waals surface area contributed by atoms with Crippen LogP contribution < -0.4 is 10.6 Å². The van der Waals surface area contributed by atoms with E-state index in [1.165, 1.54) is 18.4 Å². The van der Waals surface area contributed by atoms with Crippen LogP contribution in [-0.2, 0) is 4.74 Å². The van der Waals surface area contributed by atoms with Gasteiger partial charge in [-0.15, -0.1) is 11.3 Å². The van der Waals surface area contributed by atoms with Crippen LogP contribution in [0.25, 0.3) is 0 Å². The van der Waals surface area contributed by atoms with Gasteiger partial charge in [-0.05, 0) is 37.8 Å². The van der Waals surface area contributed by atoms with Gasteiger partial charge >= 0.3 is 5.97 Å². The lowest BCUT2D eigenvalue weighted by Crippen LogP contribution is -2.39. The molecule has 0 saturated carbocycles. The Bertz CT molecular complexity index is 471. The summed E-state index contributed by atoms with van der Waals surface area (Å²) < 4.78 is 4.70. The summed E-state index contributed by atoms with van der Waals surface area (Å²) in [6.45, 7) is 7.36. The van der Waals surface area contributed by atoms with E-state index in [1.54, 1.807) is 5.38 Å². The zero-order chi connectivity index (χ0) is 15.1. The molecule has 0 aliphatic heterocycles. The molecule has 0 saturated heterocycles. The molecule has 2 N–H and O–H groups in total. The lowest BCUT2D eigenvalue weighted by atomic mass is 10.1. The third-order valence-electron chi connectivity index (χ3n) is 2.88. The number of carbonyl (C=O) groups is 2. The van der Waals surface area contributed by atoms with Gasteiger partial charge in [-0.1, -0.05) is 6.92 Å². The van der Waals surface area contributed by atoms with Crippen LogP contribution in [0.5, 0.6) is 0 Å². The van der Waals surface area contributed by atoms with Gasteiger partial charge in [-0.3, -0.25) is 4.79 Å². The Kier molecular flexibility index (Phi) is 6.67. The third-order valence-corrected chi connectivity index (χ3v) is 3.96. The van der Waals surface area contributed by atoms with Crippen LogP contribution in [0.3, 0.4) is 0 Å². The van der Waals surface area contributed by atoms with E-state index in [1.807, 2.05) is 13.8 Å². The van der Waals surface area contributed by atoms with Crippen molar-refractivity contribution in [3.63, 3.8) is 0 Å². The molecule has 0 fully saturated rings. The average Bonchev–Trinajstić information content (AvgIpc) is 2.83. The van der Waals surface area contributed by atoms with Gasteiger partial charge in [0.2, 0.25) is 0 Å². The number of methoxy groups -OCH3 is 1. The Morgan fingerprint density at radius 3 is 2.75 bits per heavy atom. The minimum atomic E-state index is -0.467. The minimum Gasteiger partial charge on any atom is -0.465 e. The average molecular weight is 298 g/mol. The summed E-state index contributed by atoms with van der Waals surface area (Å²) in [5.41, 5.74) is 1.21. The largest absolute Gasteiger partial charge is 0.465 e. The smallest absolute Gasteiger partial charge is 0.348 e. The van der Waals surface area contributed by atoms with E-state index in [0.29, 0.717) is 17.0 Å². The highest BCUT2D eigenvalue weighted by Crippen LogP contribution is 2.22. The zero-order valence-electron chi connectivity index (χ0n) is 12.4. The molecule has 0 bridgehead atoms. The lowest BCUT2D eigenvalue weighted by Gasteiger charge is -2.14. The van der Waals surface area contributed by atoms with Crippen LogP contribution in [0, 0.1) is 6.92 Å². The molecule has 1 atom stereocenters. The summed E-state index contributed by atoms with van der Waals surface area (Å²) in [5.74, 6) is -0.695. The number of amides is 1. The fraction of sp³-hybridized carbons (Fsp3) is 0.571. The first-order valence-corrected chi connectivity index (χ1v) is 7.57. The topological polar surface area (TPSA) is 67.4 Å². The standard InChI is InChI=1S/C14H22N2O3S/c1-5-6-15-10(3)7-16-13(17)11-9(2)8-20-12(11)14(18)19-4/h8,10,15H,5-7H2,1-4H3,(H,16,17). The van der Waals surface area contributed by atoms with E-state index in [9.17, 15) is 9.59 Å². The van der Waals surface area contributed by atoms with Gasteiger partial charge in [0.05, 0.1) is 12.7 Å². The molecule has 1 rings (SSSR count). The summed E-state index contributed by atoms with van der Waals surface area (Å²) in [4.78, 5) is 24.2. The van der Waals surface area contributed by atoms with Crippen molar-refractivity contribution in [1.82, 2.24) is 10.6 Å². The summed E-state index contributed by atoms with van der Waals surface area (Å²) in [5, 5.41) is 7.94. The fourth-order valence-electron chi connectivity index (χ4n) is 1.77. The van der Waals surface area contributed by atoms with Crippen molar-refractivity contribution in [3.05, 3.63) is 21.4 Å². The van der Waals surface area contributed by atoms with E-state index in [-0.39, 0.29) is 11.9 Å². The van der Waals surface area contributed by atoms with Gasteiger partial charge in [0.1, 0.15) is 4.88 Å². The number of rotatable bonds is 7. The summed E-state index contributed by atoms with van der Waals surface area (Å²) in [7, 11) is 1.32. The highest BCUT2D eigenvalue weighted by molar-refractivity contribution is 7.12. The second kappa shape index (κ2) is 8.01. The number of nitrogens with one attached hydrogen (secondary N) is 2. The van der Waals surface area contributed by atoms with E-state index < -0.39 is 5.97 Å². The molecular formula is C14H22N2O3S. The van der Waals surface area contributed by atoms with Crippen molar-refractivity contribution in [2.45, 2.75) is 33.2 Å². The zero-order valence-corrected chi connectivity index (χ0v) is 13.2. The van der Waals surface area contributed by atoms with Crippen LogP contribution in [0.15, 0.2) is 5.38 Å². The monoisotopic (exact) mass is 298 g/mol. The number of ether oxygens (including phenoxy) is 1. The first-order valence-electron chi connectivity index (χ1n) is 6.69. The van der Waals surface area contributed by atoms with Crippen LogP contribution in [0.4, 0.5) is 0 Å². The second-order valence-electron chi connectivity index (χ2n) is 4.68. The quantitative estimate of drug-likeness (QED) is 0.755. The van der Waals surface area contributed by atoms with Crippen molar-refractivity contribution in [2.24, 2.45) is 0 Å². The highest BCUT2D eigenvalue weighted by atomic mass is 32.1. The molecule has 0 radical (unpaired) electrons. The van der Waals surface area contributed by atoms with Crippen molar-refractivity contribution >= 4 is 23.2 Å². The molecule has 1 aromatic rings. The molecular weight excluding hydrogens is 276 g/mol. The van der Waals surface area contributed by atoms with Gasteiger partial charge in [0.15, 0.2) is 0 Å². The maximum absolute atomic E-state index is 12.2. The van der Waals surface area contributed by atoms with Crippen LogP contribution >= 0.6 is 11.3 Å². The number of carbonyl (C=O) groups excluding carboxylic acids is 2. The molecule has 5 nitrogen and oxygen atoms in total. The molecule has 1 unspecified atom stereocenters. The van der Waals surface area contributed by atoms with Crippen LogP contribution in [0.1, 0.15) is 45.9 Å². The maximum atomic E-state index is 12.2. The number of hydrogen-bond acceptors (Lipinski definition) is 5. The number of thiophene rings is 1. The van der Waals surface area contributed by atoms with Crippen LogP contribution in [-0.4, -0.2) is 38.1 Å². The molecule has 20 heavy (non-hydrogen) atoms. The first-order chi connectivity index (χ1) is 9.51. The molecule has 0 spiro atoms. The SMILES string of the molecule is CCCNC(C)CNC(=O)c1c(C)csc1C(=O)OC. The molecule has 1 heterocycles. The van der Waals surface area contributed by atoms with E-state index in [2.05, 4.69) is 17.6 Å². The van der Waals surface area contributed by atoms with Gasteiger partial charge in [0, 0.05) is 12.6 Å². The molecule has 0 aliphatic carbocycles. The predicted octanol–water partition coefficient (Wildman–Crippen LogP) is 1.96. The predicted molar refractivity (Wildman–Crippen MR) is 80.5 cm³/mol. The van der Waals surface area contributed by atoms with Crippen molar-refractivity contribution in [1.29, 1.82) is 0 Å². The Balaban J connectivity index is 2.68. The van der Waals surface area contributed by atoms with Gasteiger partial charge in [-0.25, -0.2) is 4.79 Å². The van der Waals surface area contributed by atoms with Gasteiger partial charge < -0.3 is 15.4 Å². The second-order valence-corrected chi connectivity index (χ2v) is 5.56. The van der Waals surface area contributed by atoms with Crippen LogP contribution in [0.2, 0.25) is 0 Å². The lowest BCUT2D eigenvalue weighted by molar-refractivity contribution is 0.0602. The molecule has 0 aromatic carbocycles. The fourth-order valence-corrected chi connectivity index (χ4v) is 2.73. The normalized spacial score (nSPS) is 12.0. The van der Waals surface area contributed by atoms with Crippen molar-refractivity contribution in [3.8, 4) is 0 Å². The minimum absolute atomic E-state index is 0.194. The summed E-state index contributed by atoms with van der Waals surface area (Å²) in [6, 6.07) is 0.194. The Labute approximate surface area is 123 Å². The highest BCUT2D eigenvalue weighted by Gasteiger charge is 2.22. The van der Waals surface area contributed by atoms with Crippen molar-refractivity contribution in [2.75, 3.05) is 20.2 Å². The molecule has 6 heteroatoms. The van der Waals surface area contributed by atoms with E-state index in [4.69, 9.17) is 4.74 Å². The number of aryl methyl sites for hydroxylation is 1. The van der Waals surface area contributed by atoms with Gasteiger partial charge in [0.25, 0.3) is 5.91 Å². The maximum Gasteiger partial charge on any atom is 0.348 e.